The van der Waals surface area contributed by atoms with Crippen LogP contribution in [0.1, 0.15) is 0 Å². The summed E-state index contributed by atoms with van der Waals surface area (Å²) in [6, 6.07) is 0. The van der Waals surface area contributed by atoms with E-state index in [1.165, 1.54) is 23.5 Å². The van der Waals surface area contributed by atoms with Crippen molar-refractivity contribution in [2.45, 2.75) is 0 Å². The lowest BCUT2D eigenvalue weighted by Crippen LogP contribution is -1.97. The Morgan fingerprint density at radius 1 is 1.45 bits per heavy atom. The van der Waals surface area contributed by atoms with Crippen molar-refractivity contribution in [1.29, 1.82) is 0 Å². The van der Waals surface area contributed by atoms with Gasteiger partial charge in [0.05, 0.1) is 12.4 Å². The first kappa shape index (κ1) is 5.90. The molecule has 0 saturated carbocycles. The third-order valence-electron chi connectivity index (χ3n) is 1.16. The van der Waals surface area contributed by atoms with Gasteiger partial charge < -0.3 is 10.3 Å². The minimum Gasteiger partial charge on any atom is -0.381 e. The Labute approximate surface area is 61.6 Å². The SMILES string of the molecule is Nc1cnn(-c2cnoc2)n1. The molecule has 2 heterocycles. The van der Waals surface area contributed by atoms with Crippen LogP contribution in [0.3, 0.4) is 0 Å². The molecule has 2 aromatic rings. The lowest BCUT2D eigenvalue weighted by Gasteiger charge is -1.87. The van der Waals surface area contributed by atoms with Crippen LogP contribution in [-0.4, -0.2) is 20.2 Å². The third-order valence-corrected chi connectivity index (χ3v) is 1.16. The highest BCUT2D eigenvalue weighted by Gasteiger charge is 2.00. The summed E-state index contributed by atoms with van der Waals surface area (Å²) in [7, 11) is 0. The Balaban J connectivity index is 2.45. The molecule has 0 saturated heterocycles. The molecule has 2 N–H and O–H groups in total. The van der Waals surface area contributed by atoms with Gasteiger partial charge in [-0.15, -0.1) is 9.90 Å². The molecule has 0 atom stereocenters. The minimum atomic E-state index is 0.367. The standard InChI is InChI=1S/C5H5N5O/c6-5-2-7-10(9-5)4-1-8-11-3-4/h1-3H,(H2,6,9). The number of hydrogen-bond donors (Lipinski definition) is 1. The average Bonchev–Trinajstić information content (AvgIpc) is 2.55. The fourth-order valence-electron chi connectivity index (χ4n) is 0.697. The lowest BCUT2D eigenvalue weighted by molar-refractivity contribution is 0.419. The second kappa shape index (κ2) is 2.08. The second-order valence-corrected chi connectivity index (χ2v) is 1.94. The molecule has 0 aliphatic heterocycles. The zero-order chi connectivity index (χ0) is 7.68. The van der Waals surface area contributed by atoms with Crippen molar-refractivity contribution >= 4 is 5.82 Å². The summed E-state index contributed by atoms with van der Waals surface area (Å²) in [5, 5.41) is 11.2. The van der Waals surface area contributed by atoms with Gasteiger partial charge >= 0.3 is 0 Å². The lowest BCUT2D eigenvalue weighted by atomic mass is 10.6. The van der Waals surface area contributed by atoms with Crippen LogP contribution in [0, 0.1) is 0 Å². The number of hydrogen-bond acceptors (Lipinski definition) is 5. The summed E-state index contributed by atoms with van der Waals surface area (Å²) in [5.74, 6) is 0.367. The van der Waals surface area contributed by atoms with Crippen LogP contribution < -0.4 is 5.73 Å². The van der Waals surface area contributed by atoms with E-state index in [1.54, 1.807) is 0 Å². The molecule has 2 rings (SSSR count). The number of nitrogen functional groups attached to an aromatic ring is 1. The molecule has 0 radical (unpaired) electrons. The van der Waals surface area contributed by atoms with Crippen molar-refractivity contribution in [3.8, 4) is 5.69 Å². The summed E-state index contributed by atoms with van der Waals surface area (Å²) in [6.45, 7) is 0. The third kappa shape index (κ3) is 0.936. The molecule has 0 aromatic carbocycles. The van der Waals surface area contributed by atoms with E-state index in [0.29, 0.717) is 11.5 Å². The molecular formula is C5H5N5O. The highest BCUT2D eigenvalue weighted by Crippen LogP contribution is 2.02. The van der Waals surface area contributed by atoms with E-state index in [4.69, 9.17) is 5.73 Å². The Morgan fingerprint density at radius 3 is 2.91 bits per heavy atom. The van der Waals surface area contributed by atoms with E-state index in [0.717, 1.165) is 0 Å². The van der Waals surface area contributed by atoms with E-state index in [1.807, 2.05) is 0 Å². The van der Waals surface area contributed by atoms with Crippen molar-refractivity contribution in [3.63, 3.8) is 0 Å². The number of aromatic nitrogens is 4. The maximum absolute atomic E-state index is 5.34. The maximum atomic E-state index is 5.34. The van der Waals surface area contributed by atoms with Crippen LogP contribution >= 0.6 is 0 Å². The van der Waals surface area contributed by atoms with Crippen LogP contribution in [0.15, 0.2) is 23.2 Å². The van der Waals surface area contributed by atoms with Gasteiger partial charge in [-0.1, -0.05) is 5.16 Å². The summed E-state index contributed by atoms with van der Waals surface area (Å²) < 4.78 is 4.59. The highest BCUT2D eigenvalue weighted by atomic mass is 16.5. The molecule has 56 valence electrons. The summed E-state index contributed by atoms with van der Waals surface area (Å²) >= 11 is 0. The highest BCUT2D eigenvalue weighted by molar-refractivity contribution is 5.25. The quantitative estimate of drug-likeness (QED) is 0.612. The van der Waals surface area contributed by atoms with E-state index in [-0.39, 0.29) is 0 Å². The molecule has 0 unspecified atom stereocenters. The molecule has 6 nitrogen and oxygen atoms in total. The minimum absolute atomic E-state index is 0.367. The zero-order valence-electron chi connectivity index (χ0n) is 5.51. The summed E-state index contributed by atoms with van der Waals surface area (Å²) in [4.78, 5) is 1.34. The van der Waals surface area contributed by atoms with Gasteiger partial charge in [-0.05, 0) is 0 Å². The topological polar surface area (TPSA) is 82.8 Å². The van der Waals surface area contributed by atoms with Crippen LogP contribution in [0.25, 0.3) is 5.69 Å². The molecule has 0 amide bonds. The Kier molecular flexibility index (Phi) is 1.12. The second-order valence-electron chi connectivity index (χ2n) is 1.94. The molecule has 0 fully saturated rings. The predicted octanol–water partition coefficient (Wildman–Crippen LogP) is -0.163. The first-order valence-electron chi connectivity index (χ1n) is 2.94. The molecule has 0 spiro atoms. The van der Waals surface area contributed by atoms with Gasteiger partial charge in [0.25, 0.3) is 0 Å². The number of nitrogens with zero attached hydrogens (tertiary/aromatic N) is 4. The average molecular weight is 151 g/mol. The maximum Gasteiger partial charge on any atom is 0.166 e. The van der Waals surface area contributed by atoms with Gasteiger partial charge in [0.2, 0.25) is 0 Å². The largest absolute Gasteiger partial charge is 0.381 e. The van der Waals surface area contributed by atoms with E-state index < -0.39 is 0 Å². The zero-order valence-corrected chi connectivity index (χ0v) is 5.51. The first-order valence-corrected chi connectivity index (χ1v) is 2.94. The van der Waals surface area contributed by atoms with Crippen LogP contribution in [0.5, 0.6) is 0 Å². The van der Waals surface area contributed by atoms with Gasteiger partial charge in [-0.25, -0.2) is 0 Å². The van der Waals surface area contributed by atoms with Crippen LogP contribution in [-0.2, 0) is 0 Å². The molecule has 6 heteroatoms. The Morgan fingerprint density at radius 2 is 2.36 bits per heavy atom. The summed E-state index contributed by atoms with van der Waals surface area (Å²) in [6.07, 6.45) is 4.38. The van der Waals surface area contributed by atoms with Gasteiger partial charge in [0.1, 0.15) is 5.69 Å². The molecule has 0 aliphatic carbocycles. The van der Waals surface area contributed by atoms with Crippen LogP contribution in [0.4, 0.5) is 5.82 Å². The summed E-state index contributed by atoms with van der Waals surface area (Å²) in [5.41, 5.74) is 5.99. The number of nitrogens with two attached hydrogens (primary N) is 1. The molecular weight excluding hydrogens is 146 g/mol. The van der Waals surface area contributed by atoms with E-state index in [9.17, 15) is 0 Å². The van der Waals surface area contributed by atoms with Crippen molar-refractivity contribution in [1.82, 2.24) is 20.2 Å². The molecule has 0 bridgehead atoms. The molecule has 0 aliphatic rings. The molecule has 11 heavy (non-hydrogen) atoms. The van der Waals surface area contributed by atoms with Crippen LogP contribution in [0.2, 0.25) is 0 Å². The predicted molar refractivity (Wildman–Crippen MR) is 35.8 cm³/mol. The van der Waals surface area contributed by atoms with Gasteiger partial charge in [0.15, 0.2) is 12.1 Å². The van der Waals surface area contributed by atoms with Crippen molar-refractivity contribution in [2.75, 3.05) is 5.73 Å². The first-order chi connectivity index (χ1) is 5.36. The van der Waals surface area contributed by atoms with Gasteiger partial charge in [0, 0.05) is 0 Å². The smallest absolute Gasteiger partial charge is 0.166 e. The monoisotopic (exact) mass is 151 g/mol. The molecule has 2 aromatic heterocycles. The van der Waals surface area contributed by atoms with Crippen molar-refractivity contribution < 1.29 is 4.52 Å². The van der Waals surface area contributed by atoms with Gasteiger partial charge in [-0.3, -0.25) is 0 Å². The van der Waals surface area contributed by atoms with E-state index in [2.05, 4.69) is 19.9 Å². The Hall–Kier alpha value is -1.85. The Bertz CT molecular complexity index is 337. The fraction of sp³-hybridized carbons (Fsp3) is 0. The van der Waals surface area contributed by atoms with Crippen molar-refractivity contribution in [3.05, 3.63) is 18.7 Å². The number of anilines is 1. The van der Waals surface area contributed by atoms with E-state index >= 15 is 0 Å². The van der Waals surface area contributed by atoms with Gasteiger partial charge in [-0.2, -0.15) is 5.10 Å². The van der Waals surface area contributed by atoms with Crippen molar-refractivity contribution in [2.24, 2.45) is 0 Å². The number of rotatable bonds is 1. The fourth-order valence-corrected chi connectivity index (χ4v) is 0.697. The normalized spacial score (nSPS) is 10.2.